The third-order valence-electron chi connectivity index (χ3n) is 4.66. The van der Waals surface area contributed by atoms with Gasteiger partial charge < -0.3 is 5.32 Å². The number of amides is 2. The highest BCUT2D eigenvalue weighted by atomic mass is 16.2. The van der Waals surface area contributed by atoms with Gasteiger partial charge in [0, 0.05) is 12.6 Å². The molecule has 1 unspecified atom stereocenters. The first kappa shape index (κ1) is 18.0. The molecule has 128 valence electrons. The van der Waals surface area contributed by atoms with Gasteiger partial charge in [-0.3, -0.25) is 14.5 Å². The molecule has 0 aliphatic heterocycles. The minimum Gasteiger partial charge on any atom is -0.340 e. The average molecular weight is 327 g/mol. The Hall–Kier alpha value is -2.35. The van der Waals surface area contributed by atoms with Crippen LogP contribution in [-0.4, -0.2) is 29.8 Å². The summed E-state index contributed by atoms with van der Waals surface area (Å²) in [7, 11) is 1.44. The summed E-state index contributed by atoms with van der Waals surface area (Å²) in [4.78, 5) is 25.9. The first-order valence-electron chi connectivity index (χ1n) is 8.65. The fourth-order valence-corrected chi connectivity index (χ4v) is 3.27. The van der Waals surface area contributed by atoms with Crippen LogP contribution < -0.4 is 5.32 Å². The zero-order valence-electron chi connectivity index (χ0n) is 14.2. The Kier molecular flexibility index (Phi) is 6.80. The maximum atomic E-state index is 12.5. The number of benzene rings is 1. The molecule has 5 nitrogen and oxygen atoms in total. The van der Waals surface area contributed by atoms with Crippen LogP contribution in [0.5, 0.6) is 0 Å². The van der Waals surface area contributed by atoms with Crippen molar-refractivity contribution in [3.63, 3.8) is 0 Å². The van der Waals surface area contributed by atoms with Crippen LogP contribution in [0.25, 0.3) is 0 Å². The van der Waals surface area contributed by atoms with Gasteiger partial charge in [0.05, 0.1) is 0 Å². The molecular formula is C19H25N3O2. The molecule has 0 radical (unpaired) electrons. The van der Waals surface area contributed by atoms with Crippen LogP contribution in [0, 0.1) is 17.4 Å². The van der Waals surface area contributed by atoms with Gasteiger partial charge in [-0.05, 0) is 24.5 Å². The van der Waals surface area contributed by atoms with Crippen LogP contribution in [0.3, 0.4) is 0 Å². The number of nitrogens with zero attached hydrogens (tertiary/aromatic N) is 2. The molecule has 1 atom stereocenters. The van der Waals surface area contributed by atoms with Crippen molar-refractivity contribution in [1.82, 2.24) is 10.2 Å². The number of carbonyl (C=O) groups is 2. The van der Waals surface area contributed by atoms with Crippen LogP contribution >= 0.6 is 0 Å². The Morgan fingerprint density at radius 1 is 1.21 bits per heavy atom. The maximum absolute atomic E-state index is 12.5. The number of hydrogen-bond donors (Lipinski definition) is 1. The molecule has 24 heavy (non-hydrogen) atoms. The van der Waals surface area contributed by atoms with Gasteiger partial charge >= 0.3 is 0 Å². The van der Waals surface area contributed by atoms with Crippen LogP contribution in [-0.2, 0) is 4.79 Å². The topological polar surface area (TPSA) is 73.2 Å². The maximum Gasteiger partial charge on any atom is 0.257 e. The summed E-state index contributed by atoms with van der Waals surface area (Å²) in [5, 5.41) is 11.8. The summed E-state index contributed by atoms with van der Waals surface area (Å²) in [5.41, 5.74) is 0.524. The largest absolute Gasteiger partial charge is 0.340 e. The summed E-state index contributed by atoms with van der Waals surface area (Å²) in [5.74, 6) is -0.190. The molecular weight excluding hydrogens is 302 g/mol. The van der Waals surface area contributed by atoms with Crippen molar-refractivity contribution in [2.45, 2.75) is 51.0 Å². The first-order chi connectivity index (χ1) is 11.6. The van der Waals surface area contributed by atoms with E-state index < -0.39 is 6.04 Å². The molecule has 1 saturated carbocycles. The summed E-state index contributed by atoms with van der Waals surface area (Å²) >= 11 is 0. The van der Waals surface area contributed by atoms with Gasteiger partial charge in [-0.25, -0.2) is 0 Å². The van der Waals surface area contributed by atoms with Gasteiger partial charge in [-0.1, -0.05) is 56.7 Å². The van der Waals surface area contributed by atoms with Crippen molar-refractivity contribution in [3.8, 4) is 6.19 Å². The number of likely N-dealkylation sites (N-methyl/N-ethyl adjacent to an activating group) is 1. The zero-order chi connectivity index (χ0) is 17.4. The lowest BCUT2D eigenvalue weighted by atomic mass is 9.92. The predicted octanol–water partition coefficient (Wildman–Crippen LogP) is 3.08. The highest BCUT2D eigenvalue weighted by molar-refractivity contribution is 5.97. The summed E-state index contributed by atoms with van der Waals surface area (Å²) in [6.07, 6.45) is 9.44. The predicted molar refractivity (Wildman–Crippen MR) is 91.9 cm³/mol. The van der Waals surface area contributed by atoms with E-state index in [1.54, 1.807) is 24.3 Å². The summed E-state index contributed by atoms with van der Waals surface area (Å²) in [6.45, 7) is 0. The molecule has 0 bridgehead atoms. The lowest BCUT2D eigenvalue weighted by molar-refractivity contribution is -0.129. The Balaban J connectivity index is 2.08. The van der Waals surface area contributed by atoms with E-state index in [1.165, 1.54) is 32.7 Å². The molecule has 0 saturated heterocycles. The molecule has 0 heterocycles. The van der Waals surface area contributed by atoms with E-state index in [0.29, 0.717) is 17.9 Å². The van der Waals surface area contributed by atoms with Gasteiger partial charge in [0.1, 0.15) is 6.04 Å². The lowest BCUT2D eigenvalue weighted by Crippen LogP contribution is -2.47. The Morgan fingerprint density at radius 3 is 2.42 bits per heavy atom. The van der Waals surface area contributed by atoms with Crippen molar-refractivity contribution >= 4 is 11.8 Å². The van der Waals surface area contributed by atoms with E-state index in [4.69, 9.17) is 5.26 Å². The third-order valence-corrected chi connectivity index (χ3v) is 4.66. The van der Waals surface area contributed by atoms with Crippen LogP contribution in [0.15, 0.2) is 30.3 Å². The van der Waals surface area contributed by atoms with Gasteiger partial charge in [0.25, 0.3) is 11.8 Å². The van der Waals surface area contributed by atoms with Crippen LogP contribution in [0.4, 0.5) is 0 Å². The van der Waals surface area contributed by atoms with Gasteiger partial charge in [-0.2, -0.15) is 5.26 Å². The molecule has 2 amide bonds. The second-order valence-corrected chi connectivity index (χ2v) is 6.48. The Morgan fingerprint density at radius 2 is 1.83 bits per heavy atom. The molecule has 1 N–H and O–H groups in total. The summed E-state index contributed by atoms with van der Waals surface area (Å²) in [6, 6.07) is 8.21. The van der Waals surface area contributed by atoms with E-state index in [2.05, 4.69) is 5.32 Å². The quantitative estimate of drug-likeness (QED) is 0.513. The standard InChI is InChI=1S/C19H25N3O2/c1-22(14-20)19(24)17(13-15-9-5-2-3-6-10-15)21-18(23)16-11-7-4-8-12-16/h4,7-8,11-12,15,17H,2-3,5-6,9-10,13H2,1H3,(H,21,23). The molecule has 2 rings (SSSR count). The van der Waals surface area contributed by atoms with Crippen molar-refractivity contribution in [2.75, 3.05) is 7.05 Å². The molecule has 0 spiro atoms. The summed E-state index contributed by atoms with van der Waals surface area (Å²) < 4.78 is 0. The van der Waals surface area contributed by atoms with Crippen LogP contribution in [0.2, 0.25) is 0 Å². The minimum absolute atomic E-state index is 0.270. The zero-order valence-corrected chi connectivity index (χ0v) is 14.2. The fourth-order valence-electron chi connectivity index (χ4n) is 3.27. The van der Waals surface area contributed by atoms with E-state index in [9.17, 15) is 9.59 Å². The number of rotatable bonds is 5. The third kappa shape index (κ3) is 5.09. The monoisotopic (exact) mass is 327 g/mol. The Bertz CT molecular complexity index is 586. The van der Waals surface area contributed by atoms with Gasteiger partial charge in [0.15, 0.2) is 6.19 Å². The number of carbonyl (C=O) groups excluding carboxylic acids is 2. The molecule has 1 aromatic rings. The normalized spacial score (nSPS) is 16.5. The minimum atomic E-state index is -0.648. The van der Waals surface area contributed by atoms with Crippen molar-refractivity contribution in [1.29, 1.82) is 5.26 Å². The van der Waals surface area contributed by atoms with Gasteiger partial charge in [0.2, 0.25) is 0 Å². The van der Waals surface area contributed by atoms with E-state index >= 15 is 0 Å². The van der Waals surface area contributed by atoms with E-state index in [-0.39, 0.29) is 11.8 Å². The van der Waals surface area contributed by atoms with E-state index in [0.717, 1.165) is 17.7 Å². The SMILES string of the molecule is CN(C#N)C(=O)C(CC1CCCCCC1)NC(=O)c1ccccc1. The second kappa shape index (κ2) is 9.07. The van der Waals surface area contributed by atoms with Crippen LogP contribution in [0.1, 0.15) is 55.3 Å². The Labute approximate surface area is 143 Å². The smallest absolute Gasteiger partial charge is 0.257 e. The second-order valence-electron chi connectivity index (χ2n) is 6.48. The van der Waals surface area contributed by atoms with Crippen molar-refractivity contribution < 1.29 is 9.59 Å². The molecule has 1 fully saturated rings. The number of nitrogens with one attached hydrogen (secondary N) is 1. The number of nitriles is 1. The highest BCUT2D eigenvalue weighted by Gasteiger charge is 2.28. The molecule has 1 aromatic carbocycles. The lowest BCUT2D eigenvalue weighted by Gasteiger charge is -2.24. The van der Waals surface area contributed by atoms with E-state index in [1.807, 2.05) is 12.3 Å². The molecule has 1 aliphatic carbocycles. The van der Waals surface area contributed by atoms with Crippen molar-refractivity contribution in [2.24, 2.45) is 5.92 Å². The van der Waals surface area contributed by atoms with Gasteiger partial charge in [-0.15, -0.1) is 0 Å². The fraction of sp³-hybridized carbons (Fsp3) is 0.526. The molecule has 5 heteroatoms. The molecule has 1 aliphatic rings. The number of hydrogen-bond acceptors (Lipinski definition) is 3. The average Bonchev–Trinajstić information content (AvgIpc) is 2.89. The first-order valence-corrected chi connectivity index (χ1v) is 8.65. The highest BCUT2D eigenvalue weighted by Crippen LogP contribution is 2.27. The molecule has 0 aromatic heterocycles. The van der Waals surface area contributed by atoms with Crippen molar-refractivity contribution in [3.05, 3.63) is 35.9 Å².